The Hall–Kier alpha value is 0.207. The zero-order chi connectivity index (χ0) is 3.41. The van der Waals surface area contributed by atoms with Crippen LogP contribution in [0.15, 0.2) is 12.2 Å². The first-order valence-corrected chi connectivity index (χ1v) is 1.32. The number of rotatable bonds is 0. The van der Waals surface area contributed by atoms with E-state index in [2.05, 4.69) is 6.92 Å². The molecule has 0 bridgehead atoms. The number of allylic oxidation sites excluding steroid dienone is 2. The molecule has 0 atom stereocenters. The minimum Gasteiger partial charge on any atom is -0.245 e. The van der Waals surface area contributed by atoms with Crippen molar-refractivity contribution in [2.45, 2.75) is 6.92 Å². The predicted molar refractivity (Wildman–Crippen MR) is 20.2 cm³/mol. The fourth-order valence-electron chi connectivity index (χ4n) is 0. The molecule has 5 heavy (non-hydrogen) atoms. The van der Waals surface area contributed by atoms with Crippen molar-refractivity contribution >= 4 is 0 Å². The van der Waals surface area contributed by atoms with E-state index in [4.69, 9.17) is 0 Å². The van der Waals surface area contributed by atoms with Gasteiger partial charge in [-0.1, -0.05) is 0 Å². The Bertz CT molecular complexity index is 18.8. The number of hydrogen-bond donors (Lipinski definition) is 0. The molecule has 0 fully saturated rings. The standard InChI is InChI=1S/C4H7.Li/c1-3-4-2;/h3-4H,1H2,2H3;/q-1;+1/b4-3-;. The molecule has 0 aliphatic heterocycles. The van der Waals surface area contributed by atoms with Crippen molar-refractivity contribution in [2.24, 2.45) is 0 Å². The molecule has 0 aromatic rings. The average Bonchev–Trinajstić information content (AvgIpc) is 1.37. The first-order valence-electron chi connectivity index (χ1n) is 1.32. The van der Waals surface area contributed by atoms with Gasteiger partial charge in [0.1, 0.15) is 0 Å². The minimum absolute atomic E-state index is 0. The summed E-state index contributed by atoms with van der Waals surface area (Å²) in [5, 5.41) is 0. The first-order chi connectivity index (χ1) is 1.91. The molecule has 0 rings (SSSR count). The average molecular weight is 62.0 g/mol. The second-order valence-electron chi connectivity index (χ2n) is 0.569. The molecule has 0 aromatic carbocycles. The first kappa shape index (κ1) is 8.96. The summed E-state index contributed by atoms with van der Waals surface area (Å²) in [6.07, 6.45) is 3.64. The summed E-state index contributed by atoms with van der Waals surface area (Å²) in [7, 11) is 0. The maximum atomic E-state index is 3.42. The topological polar surface area (TPSA) is 0 Å². The van der Waals surface area contributed by atoms with E-state index in [1.165, 1.54) is 0 Å². The molecule has 0 saturated heterocycles. The normalized spacial score (nSPS) is 7.40. The second kappa shape index (κ2) is 8.88. The van der Waals surface area contributed by atoms with Crippen molar-refractivity contribution < 1.29 is 18.9 Å². The van der Waals surface area contributed by atoms with Crippen molar-refractivity contribution in [1.82, 2.24) is 0 Å². The Balaban J connectivity index is 0. The van der Waals surface area contributed by atoms with Gasteiger partial charge in [0.15, 0.2) is 0 Å². The number of hydrogen-bond acceptors (Lipinski definition) is 0. The van der Waals surface area contributed by atoms with Gasteiger partial charge >= 0.3 is 18.9 Å². The zero-order valence-corrected chi connectivity index (χ0v) is 3.86. The van der Waals surface area contributed by atoms with Crippen LogP contribution in [-0.4, -0.2) is 0 Å². The smallest absolute Gasteiger partial charge is 0.245 e. The van der Waals surface area contributed by atoms with E-state index in [0.29, 0.717) is 0 Å². The van der Waals surface area contributed by atoms with Crippen molar-refractivity contribution in [3.63, 3.8) is 0 Å². The van der Waals surface area contributed by atoms with Gasteiger partial charge in [0.05, 0.1) is 0 Å². The van der Waals surface area contributed by atoms with Gasteiger partial charge in [0.25, 0.3) is 0 Å². The van der Waals surface area contributed by atoms with Gasteiger partial charge in [-0.2, -0.15) is 0 Å². The molecule has 0 amide bonds. The van der Waals surface area contributed by atoms with Crippen LogP contribution >= 0.6 is 0 Å². The van der Waals surface area contributed by atoms with E-state index in [9.17, 15) is 0 Å². The van der Waals surface area contributed by atoms with Crippen molar-refractivity contribution in [3.05, 3.63) is 19.1 Å². The molecule has 0 spiro atoms. The van der Waals surface area contributed by atoms with Gasteiger partial charge in [-0.05, 0) is 0 Å². The Kier molecular flexibility index (Phi) is 15.9. The molecule has 0 aliphatic rings. The van der Waals surface area contributed by atoms with Gasteiger partial charge in [0, 0.05) is 0 Å². The van der Waals surface area contributed by atoms with Crippen LogP contribution in [0.2, 0.25) is 0 Å². The molecule has 0 saturated carbocycles. The van der Waals surface area contributed by atoms with E-state index in [0.717, 1.165) is 0 Å². The third-order valence-electron chi connectivity index (χ3n) is 0.236. The molecule has 0 N–H and O–H groups in total. The summed E-state index contributed by atoms with van der Waals surface area (Å²) in [4.78, 5) is 0. The van der Waals surface area contributed by atoms with Gasteiger partial charge < -0.3 is 0 Å². The van der Waals surface area contributed by atoms with Crippen LogP contribution in [0.5, 0.6) is 0 Å². The van der Waals surface area contributed by atoms with Gasteiger partial charge in [0.2, 0.25) is 0 Å². The fraction of sp³-hybridized carbons (Fsp3) is 0.250. The summed E-state index contributed by atoms with van der Waals surface area (Å²) in [6.45, 7) is 5.36. The zero-order valence-electron chi connectivity index (χ0n) is 3.86. The van der Waals surface area contributed by atoms with E-state index < -0.39 is 0 Å². The van der Waals surface area contributed by atoms with Crippen LogP contribution in [0.4, 0.5) is 0 Å². The molecule has 0 nitrogen and oxygen atoms in total. The Morgan fingerprint density at radius 1 is 1.60 bits per heavy atom. The third kappa shape index (κ3) is 14.1. The third-order valence-corrected chi connectivity index (χ3v) is 0.236. The van der Waals surface area contributed by atoms with Gasteiger partial charge in [-0.15, -0.1) is 6.92 Å². The summed E-state index contributed by atoms with van der Waals surface area (Å²) in [6, 6.07) is 0. The van der Waals surface area contributed by atoms with Crippen LogP contribution in [-0.2, 0) is 0 Å². The van der Waals surface area contributed by atoms with E-state index in [1.807, 2.05) is 13.0 Å². The summed E-state index contributed by atoms with van der Waals surface area (Å²) in [5.74, 6) is 0. The summed E-state index contributed by atoms with van der Waals surface area (Å²) >= 11 is 0. The maximum Gasteiger partial charge on any atom is 1.00 e. The van der Waals surface area contributed by atoms with Crippen LogP contribution < -0.4 is 18.9 Å². The monoisotopic (exact) mass is 62.1 g/mol. The molecule has 1 heteroatoms. The molecule has 0 radical (unpaired) electrons. The minimum atomic E-state index is 0. The molecule has 24 valence electrons. The largest absolute Gasteiger partial charge is 1.00 e. The Morgan fingerprint density at radius 2 is 1.80 bits per heavy atom. The summed E-state index contributed by atoms with van der Waals surface area (Å²) in [5.41, 5.74) is 0. The van der Waals surface area contributed by atoms with E-state index in [1.54, 1.807) is 6.08 Å². The molecular weight excluding hydrogens is 55.0 g/mol. The quantitative estimate of drug-likeness (QED) is 0.234. The van der Waals surface area contributed by atoms with E-state index >= 15 is 0 Å². The molecule has 0 aromatic heterocycles. The predicted octanol–water partition coefficient (Wildman–Crippen LogP) is -1.60. The maximum absolute atomic E-state index is 3.42. The van der Waals surface area contributed by atoms with Gasteiger partial charge in [-0.3, -0.25) is 0 Å². The van der Waals surface area contributed by atoms with Crippen LogP contribution in [0.25, 0.3) is 0 Å². The van der Waals surface area contributed by atoms with Crippen LogP contribution in [0.3, 0.4) is 0 Å². The van der Waals surface area contributed by atoms with Crippen LogP contribution in [0, 0.1) is 6.92 Å². The van der Waals surface area contributed by atoms with Gasteiger partial charge in [-0.25, -0.2) is 19.1 Å². The van der Waals surface area contributed by atoms with Crippen molar-refractivity contribution in [1.29, 1.82) is 0 Å². The SMILES string of the molecule is [CH2-]/C=C\C.[Li+]. The molecule has 0 unspecified atom stereocenters. The Labute approximate surface area is 45.4 Å². The molecule has 0 heterocycles. The van der Waals surface area contributed by atoms with E-state index in [-0.39, 0.29) is 18.9 Å². The van der Waals surface area contributed by atoms with Crippen molar-refractivity contribution in [3.8, 4) is 0 Å². The van der Waals surface area contributed by atoms with Crippen molar-refractivity contribution in [2.75, 3.05) is 0 Å². The fourth-order valence-corrected chi connectivity index (χ4v) is 0. The summed E-state index contributed by atoms with van der Waals surface area (Å²) < 4.78 is 0. The second-order valence-corrected chi connectivity index (χ2v) is 0.569. The molecular formula is C4H7Li. The van der Waals surface area contributed by atoms with Crippen LogP contribution in [0.1, 0.15) is 6.92 Å². The Morgan fingerprint density at radius 3 is 1.80 bits per heavy atom. The molecule has 0 aliphatic carbocycles.